The molecule has 0 aliphatic heterocycles. The predicted octanol–water partition coefficient (Wildman–Crippen LogP) is 1.30. The molecule has 4 nitrogen and oxygen atoms in total. The molecule has 0 saturated carbocycles. The first-order valence-corrected chi connectivity index (χ1v) is 7.71. The van der Waals surface area contributed by atoms with Gasteiger partial charge in [0.15, 0.2) is 9.84 Å². The summed E-state index contributed by atoms with van der Waals surface area (Å²) in [6.07, 6.45) is 0. The summed E-state index contributed by atoms with van der Waals surface area (Å²) in [5, 5.41) is 3.14. The van der Waals surface area contributed by atoms with E-state index >= 15 is 0 Å². The van der Waals surface area contributed by atoms with Gasteiger partial charge in [0.25, 0.3) is 0 Å². The Labute approximate surface area is 110 Å². The summed E-state index contributed by atoms with van der Waals surface area (Å²) in [5.74, 6) is 0.139. The number of sulfone groups is 1. The Hall–Kier alpha value is -0.910. The van der Waals surface area contributed by atoms with Gasteiger partial charge in [-0.2, -0.15) is 0 Å². The van der Waals surface area contributed by atoms with E-state index in [2.05, 4.69) is 10.2 Å². The van der Waals surface area contributed by atoms with Crippen LogP contribution >= 0.6 is 0 Å². The lowest BCUT2D eigenvalue weighted by molar-refractivity contribution is 0.294. The van der Waals surface area contributed by atoms with Gasteiger partial charge in [0, 0.05) is 12.6 Å². The molecule has 1 atom stereocenters. The van der Waals surface area contributed by atoms with E-state index in [1.807, 2.05) is 33.3 Å². The summed E-state index contributed by atoms with van der Waals surface area (Å²) in [7, 11) is 2.83. The van der Waals surface area contributed by atoms with Crippen LogP contribution in [0.3, 0.4) is 0 Å². The van der Waals surface area contributed by atoms with Crippen LogP contribution in [0.25, 0.3) is 0 Å². The highest BCUT2D eigenvalue weighted by molar-refractivity contribution is 7.91. The number of hydrogen-bond donors (Lipinski definition) is 1. The third kappa shape index (κ3) is 3.54. The molecule has 0 radical (unpaired) electrons. The van der Waals surface area contributed by atoms with E-state index < -0.39 is 9.84 Å². The van der Waals surface area contributed by atoms with Crippen molar-refractivity contribution in [3.05, 3.63) is 29.8 Å². The molecule has 1 unspecified atom stereocenters. The molecule has 0 heterocycles. The first kappa shape index (κ1) is 15.1. The van der Waals surface area contributed by atoms with Gasteiger partial charge in [-0.15, -0.1) is 0 Å². The van der Waals surface area contributed by atoms with Crippen LogP contribution in [0.15, 0.2) is 29.2 Å². The smallest absolute Gasteiger partial charge is 0.178 e. The molecule has 0 bridgehead atoms. The summed E-state index contributed by atoms with van der Waals surface area (Å²) in [4.78, 5) is 2.51. The van der Waals surface area contributed by atoms with Crippen molar-refractivity contribution < 1.29 is 8.42 Å². The van der Waals surface area contributed by atoms with Crippen molar-refractivity contribution >= 4 is 9.84 Å². The fourth-order valence-corrected chi connectivity index (χ4v) is 2.74. The fourth-order valence-electron chi connectivity index (χ4n) is 1.86. The quantitative estimate of drug-likeness (QED) is 0.846. The van der Waals surface area contributed by atoms with Crippen molar-refractivity contribution in [1.82, 2.24) is 10.2 Å². The first-order valence-electron chi connectivity index (χ1n) is 6.06. The van der Waals surface area contributed by atoms with Gasteiger partial charge in [-0.25, -0.2) is 8.42 Å². The molecule has 0 aromatic heterocycles. The third-order valence-electron chi connectivity index (χ3n) is 3.02. The molecule has 0 aliphatic rings. The molecule has 1 N–H and O–H groups in total. The average molecular weight is 270 g/mol. The summed E-state index contributed by atoms with van der Waals surface area (Å²) >= 11 is 0. The van der Waals surface area contributed by atoms with Crippen LogP contribution in [0.2, 0.25) is 0 Å². The Kier molecular flexibility index (Phi) is 5.31. The van der Waals surface area contributed by atoms with Crippen LogP contribution in [0, 0.1) is 0 Å². The highest BCUT2D eigenvalue weighted by Gasteiger charge is 2.15. The van der Waals surface area contributed by atoms with Crippen LogP contribution in [-0.2, 0) is 9.84 Å². The lowest BCUT2D eigenvalue weighted by Gasteiger charge is -2.24. The Balaban J connectivity index is 3.01. The zero-order valence-electron chi connectivity index (χ0n) is 11.5. The Bertz CT molecular complexity index is 466. The lowest BCUT2D eigenvalue weighted by Crippen LogP contribution is -2.29. The number of nitrogens with zero attached hydrogens (tertiary/aromatic N) is 1. The Morgan fingerprint density at radius 3 is 2.17 bits per heavy atom. The van der Waals surface area contributed by atoms with Crippen molar-refractivity contribution in [3.8, 4) is 0 Å². The normalized spacial score (nSPS) is 13.8. The maximum absolute atomic E-state index is 11.7. The first-order chi connectivity index (χ1) is 8.42. The van der Waals surface area contributed by atoms with Crippen LogP contribution in [0.5, 0.6) is 0 Å². The maximum atomic E-state index is 11.7. The molecule has 18 heavy (non-hydrogen) atoms. The number of benzene rings is 1. The van der Waals surface area contributed by atoms with Gasteiger partial charge in [0.1, 0.15) is 0 Å². The van der Waals surface area contributed by atoms with E-state index in [1.54, 1.807) is 19.1 Å². The number of rotatable bonds is 6. The van der Waals surface area contributed by atoms with Crippen LogP contribution in [0.1, 0.15) is 18.5 Å². The SMILES string of the molecule is CCS(=O)(=O)c1ccc(C(CNC)N(C)C)cc1. The molecule has 1 aromatic carbocycles. The van der Waals surface area contributed by atoms with Crippen molar-refractivity contribution in [2.75, 3.05) is 33.4 Å². The lowest BCUT2D eigenvalue weighted by atomic mass is 10.1. The highest BCUT2D eigenvalue weighted by Crippen LogP contribution is 2.20. The van der Waals surface area contributed by atoms with Crippen LogP contribution in [-0.4, -0.2) is 46.8 Å². The molecule has 0 fully saturated rings. The standard InChI is InChI=1S/C13H22N2O2S/c1-5-18(16,17)12-8-6-11(7-9-12)13(10-14-2)15(3)4/h6-9,13-14H,5,10H2,1-4H3. The van der Waals surface area contributed by atoms with E-state index in [0.29, 0.717) is 4.90 Å². The van der Waals surface area contributed by atoms with Crippen molar-refractivity contribution in [2.45, 2.75) is 17.9 Å². The van der Waals surface area contributed by atoms with Crippen molar-refractivity contribution in [2.24, 2.45) is 0 Å². The number of likely N-dealkylation sites (N-methyl/N-ethyl adjacent to an activating group) is 2. The summed E-state index contributed by atoms with van der Waals surface area (Å²) in [6.45, 7) is 2.49. The van der Waals surface area contributed by atoms with Crippen LogP contribution < -0.4 is 5.32 Å². The van der Waals surface area contributed by atoms with Gasteiger partial charge in [-0.1, -0.05) is 19.1 Å². The molecule has 0 spiro atoms. The van der Waals surface area contributed by atoms with Crippen molar-refractivity contribution in [3.63, 3.8) is 0 Å². The third-order valence-corrected chi connectivity index (χ3v) is 4.78. The molecule has 0 saturated heterocycles. The number of nitrogens with one attached hydrogen (secondary N) is 1. The van der Waals surface area contributed by atoms with Gasteiger partial charge < -0.3 is 10.2 Å². The molecular weight excluding hydrogens is 248 g/mol. The number of hydrogen-bond acceptors (Lipinski definition) is 4. The van der Waals surface area contributed by atoms with Crippen molar-refractivity contribution in [1.29, 1.82) is 0 Å². The van der Waals surface area contributed by atoms with Gasteiger partial charge in [-0.3, -0.25) is 0 Å². The van der Waals surface area contributed by atoms with Gasteiger partial charge >= 0.3 is 0 Å². The second-order valence-corrected chi connectivity index (χ2v) is 6.79. The minimum absolute atomic E-state index is 0.139. The Morgan fingerprint density at radius 1 is 1.22 bits per heavy atom. The molecule has 1 aromatic rings. The van der Waals surface area contributed by atoms with Gasteiger partial charge in [0.05, 0.1) is 10.6 Å². The average Bonchev–Trinajstić information content (AvgIpc) is 2.36. The Morgan fingerprint density at radius 2 is 1.78 bits per heavy atom. The van der Waals surface area contributed by atoms with E-state index in [-0.39, 0.29) is 11.8 Å². The van der Waals surface area contributed by atoms with E-state index in [9.17, 15) is 8.42 Å². The topological polar surface area (TPSA) is 49.4 Å². The summed E-state index contributed by atoms with van der Waals surface area (Å²) < 4.78 is 23.4. The minimum atomic E-state index is -3.10. The maximum Gasteiger partial charge on any atom is 0.178 e. The molecule has 1 rings (SSSR count). The molecular formula is C13H22N2O2S. The zero-order chi connectivity index (χ0) is 13.8. The molecule has 102 valence electrons. The van der Waals surface area contributed by atoms with Gasteiger partial charge in [0.2, 0.25) is 0 Å². The molecule has 0 amide bonds. The molecule has 0 aliphatic carbocycles. The fraction of sp³-hybridized carbons (Fsp3) is 0.538. The summed E-state index contributed by atoms with van der Waals surface area (Å²) in [5.41, 5.74) is 1.12. The predicted molar refractivity (Wildman–Crippen MR) is 74.5 cm³/mol. The molecule has 5 heteroatoms. The zero-order valence-corrected chi connectivity index (χ0v) is 12.3. The monoisotopic (exact) mass is 270 g/mol. The van der Waals surface area contributed by atoms with E-state index in [4.69, 9.17) is 0 Å². The van der Waals surface area contributed by atoms with Crippen LogP contribution in [0.4, 0.5) is 0 Å². The highest BCUT2D eigenvalue weighted by atomic mass is 32.2. The van der Waals surface area contributed by atoms with Gasteiger partial charge in [-0.05, 0) is 38.8 Å². The summed E-state index contributed by atoms with van der Waals surface area (Å²) in [6, 6.07) is 7.42. The largest absolute Gasteiger partial charge is 0.318 e. The van der Waals surface area contributed by atoms with E-state index in [1.165, 1.54) is 0 Å². The van der Waals surface area contributed by atoms with E-state index in [0.717, 1.165) is 12.1 Å². The second kappa shape index (κ2) is 6.31. The minimum Gasteiger partial charge on any atom is -0.318 e. The second-order valence-electron chi connectivity index (χ2n) is 4.51.